The van der Waals surface area contributed by atoms with Crippen molar-refractivity contribution in [1.29, 1.82) is 0 Å². The van der Waals surface area contributed by atoms with Gasteiger partial charge < -0.3 is 8.80 Å². The Bertz CT molecular complexity index is 3300. The Morgan fingerprint density at radius 2 is 0.902 bits per heavy atom. The maximum absolute atomic E-state index is 5.09. The normalized spacial score (nSPS) is 12.3. The fraction of sp³-hybridized carbons (Fsp3) is 0. The lowest BCUT2D eigenvalue weighted by Gasteiger charge is -2.10. The van der Waals surface area contributed by atoms with E-state index in [1.165, 1.54) is 69.3 Å². The monoisotopic (exact) mass is 667 g/mol. The van der Waals surface area contributed by atoms with Crippen LogP contribution in [0.4, 0.5) is 0 Å². The zero-order valence-electron chi connectivity index (χ0n) is 27.1. The molecule has 0 aliphatic heterocycles. The Kier molecular flexibility index (Phi) is 5.32. The number of nitrogens with zero attached hydrogens (tertiary/aromatic N) is 5. The van der Waals surface area contributed by atoms with E-state index in [1.807, 2.05) is 47.7 Å². The third-order valence-corrected chi connectivity index (χ3v) is 11.6. The standard InChI is InChI=1S/C45H25N5S/c1-3-11-26(12-4-1)43-46-44(27-13-5-2-6-14-27)48-45(47-43)28-21-22-30-31-16-9-19-35-41(31)50(36(30)25-28)34-18-10-20-37-39(34)40-38(51-37)24-23-32-29-15-7-8-17-33(29)49(35)42(32)40/h1-25H. The van der Waals surface area contributed by atoms with Crippen LogP contribution in [-0.2, 0) is 0 Å². The van der Waals surface area contributed by atoms with E-state index in [0.717, 1.165) is 22.2 Å². The second-order valence-electron chi connectivity index (χ2n) is 13.2. The van der Waals surface area contributed by atoms with Crippen LogP contribution in [0.25, 0.3) is 109 Å². The van der Waals surface area contributed by atoms with Crippen LogP contribution in [0.5, 0.6) is 0 Å². The van der Waals surface area contributed by atoms with Gasteiger partial charge in [-0.3, -0.25) is 0 Å². The molecule has 5 nitrogen and oxygen atoms in total. The highest BCUT2D eigenvalue weighted by Crippen LogP contribution is 2.46. The van der Waals surface area contributed by atoms with E-state index < -0.39 is 0 Å². The van der Waals surface area contributed by atoms with Crippen molar-refractivity contribution in [3.63, 3.8) is 0 Å². The van der Waals surface area contributed by atoms with E-state index in [1.54, 1.807) is 0 Å². The molecule has 0 unspecified atom stereocenters. The first-order valence-corrected chi connectivity index (χ1v) is 17.9. The predicted molar refractivity (Wildman–Crippen MR) is 212 cm³/mol. The van der Waals surface area contributed by atoms with E-state index in [0.29, 0.717) is 17.5 Å². The Morgan fingerprint density at radius 1 is 0.353 bits per heavy atom. The maximum atomic E-state index is 5.09. The number of hydrogen-bond acceptors (Lipinski definition) is 4. The molecule has 0 saturated heterocycles. The molecule has 0 bridgehead atoms. The van der Waals surface area contributed by atoms with Crippen molar-refractivity contribution in [3.8, 4) is 34.2 Å². The Hall–Kier alpha value is -6.63. The molecule has 51 heavy (non-hydrogen) atoms. The molecular weight excluding hydrogens is 643 g/mol. The highest BCUT2D eigenvalue weighted by atomic mass is 32.1. The predicted octanol–water partition coefficient (Wildman–Crippen LogP) is 11.8. The molecular formula is C45H25N5S. The fourth-order valence-electron chi connectivity index (χ4n) is 8.33. The minimum absolute atomic E-state index is 0.647. The fourth-order valence-corrected chi connectivity index (χ4v) is 9.46. The summed E-state index contributed by atoms with van der Waals surface area (Å²) in [5, 5.41) is 7.58. The van der Waals surface area contributed by atoms with Gasteiger partial charge in [0.1, 0.15) is 0 Å². The van der Waals surface area contributed by atoms with Crippen LogP contribution in [0.3, 0.4) is 0 Å². The first-order valence-electron chi connectivity index (χ1n) is 17.1. The van der Waals surface area contributed by atoms with Crippen LogP contribution in [0.15, 0.2) is 152 Å². The molecule has 5 heterocycles. The molecule has 0 atom stereocenters. The SMILES string of the molecule is c1ccc(-c2nc(-c3ccccc3)nc(-c3ccc4c5cccc6c5n(c4c3)c3cccc4sc5ccc7c8ccccc8n6c7c5c43)n2)cc1. The second kappa shape index (κ2) is 9.97. The summed E-state index contributed by atoms with van der Waals surface area (Å²) in [6.45, 7) is 0. The van der Waals surface area contributed by atoms with Gasteiger partial charge in [-0.05, 0) is 36.4 Å². The number of fused-ring (bicyclic) bond motifs is 8. The van der Waals surface area contributed by atoms with Crippen molar-refractivity contribution < 1.29 is 0 Å². The summed E-state index contributed by atoms with van der Waals surface area (Å²) in [6, 6.07) is 54.0. The first kappa shape index (κ1) is 27.2. The van der Waals surface area contributed by atoms with Crippen molar-refractivity contribution in [1.82, 2.24) is 23.8 Å². The highest BCUT2D eigenvalue weighted by Gasteiger charge is 2.23. The van der Waals surface area contributed by atoms with E-state index in [2.05, 4.69) is 124 Å². The zero-order chi connectivity index (χ0) is 33.2. The number of thiophene rings is 1. The van der Waals surface area contributed by atoms with Gasteiger partial charge >= 0.3 is 0 Å². The quantitative estimate of drug-likeness (QED) is 0.188. The molecule has 0 aliphatic rings. The summed E-state index contributed by atoms with van der Waals surface area (Å²) >= 11 is 1.87. The summed E-state index contributed by atoms with van der Waals surface area (Å²) in [6.07, 6.45) is 0. The number of benzene rings is 7. The lowest BCUT2D eigenvalue weighted by atomic mass is 10.1. The Balaban J connectivity index is 1.26. The van der Waals surface area contributed by atoms with Crippen molar-refractivity contribution >= 4 is 86.2 Å². The molecule has 0 N–H and O–H groups in total. The van der Waals surface area contributed by atoms with Crippen LogP contribution in [0.1, 0.15) is 0 Å². The molecule has 0 spiro atoms. The zero-order valence-corrected chi connectivity index (χ0v) is 27.9. The largest absolute Gasteiger partial charge is 0.306 e. The van der Waals surface area contributed by atoms with Crippen LogP contribution in [-0.4, -0.2) is 23.8 Å². The third kappa shape index (κ3) is 3.66. The van der Waals surface area contributed by atoms with Crippen LogP contribution in [0, 0.1) is 0 Å². The van der Waals surface area contributed by atoms with Crippen LogP contribution < -0.4 is 0 Å². The van der Waals surface area contributed by atoms with Crippen LogP contribution in [0.2, 0.25) is 0 Å². The average Bonchev–Trinajstić information content (AvgIpc) is 3.85. The van der Waals surface area contributed by atoms with E-state index in [-0.39, 0.29) is 0 Å². The van der Waals surface area contributed by atoms with Gasteiger partial charge in [0, 0.05) is 58.4 Å². The van der Waals surface area contributed by atoms with Gasteiger partial charge in [0.05, 0.1) is 33.1 Å². The topological polar surface area (TPSA) is 47.5 Å². The molecule has 5 aromatic heterocycles. The van der Waals surface area contributed by atoms with Gasteiger partial charge in [-0.25, -0.2) is 15.0 Å². The molecule has 0 fully saturated rings. The van der Waals surface area contributed by atoms with Crippen molar-refractivity contribution in [2.45, 2.75) is 0 Å². The van der Waals surface area contributed by atoms with Gasteiger partial charge in [-0.1, -0.05) is 115 Å². The summed E-state index contributed by atoms with van der Waals surface area (Å²) in [5.74, 6) is 1.96. The van der Waals surface area contributed by atoms with Gasteiger partial charge in [-0.2, -0.15) is 0 Å². The minimum Gasteiger partial charge on any atom is -0.306 e. The minimum atomic E-state index is 0.647. The summed E-state index contributed by atoms with van der Waals surface area (Å²) in [5.41, 5.74) is 10.0. The molecule has 7 aromatic carbocycles. The molecule has 12 aromatic rings. The number of hydrogen-bond donors (Lipinski definition) is 0. The van der Waals surface area contributed by atoms with Gasteiger partial charge in [0.15, 0.2) is 17.5 Å². The Labute approximate surface area is 294 Å². The summed E-state index contributed by atoms with van der Waals surface area (Å²) < 4.78 is 7.59. The lowest BCUT2D eigenvalue weighted by Crippen LogP contribution is -2.00. The van der Waals surface area contributed by atoms with E-state index in [9.17, 15) is 0 Å². The molecule has 0 amide bonds. The number of rotatable bonds is 3. The van der Waals surface area contributed by atoms with Crippen molar-refractivity contribution in [3.05, 3.63) is 152 Å². The molecule has 236 valence electrons. The van der Waals surface area contributed by atoms with Gasteiger partial charge in [0.2, 0.25) is 0 Å². The first-order chi connectivity index (χ1) is 25.3. The van der Waals surface area contributed by atoms with Crippen LogP contribution >= 0.6 is 11.3 Å². The molecule has 0 saturated carbocycles. The van der Waals surface area contributed by atoms with Gasteiger partial charge in [0.25, 0.3) is 0 Å². The summed E-state index contributed by atoms with van der Waals surface area (Å²) in [7, 11) is 0. The molecule has 0 aliphatic carbocycles. The van der Waals surface area contributed by atoms with Crippen molar-refractivity contribution in [2.75, 3.05) is 0 Å². The molecule has 12 rings (SSSR count). The van der Waals surface area contributed by atoms with E-state index in [4.69, 9.17) is 15.0 Å². The Morgan fingerprint density at radius 3 is 1.69 bits per heavy atom. The number of para-hydroxylation sites is 2. The maximum Gasteiger partial charge on any atom is 0.164 e. The van der Waals surface area contributed by atoms with Gasteiger partial charge in [-0.15, -0.1) is 11.3 Å². The lowest BCUT2D eigenvalue weighted by molar-refractivity contribution is 1.07. The molecule has 0 radical (unpaired) electrons. The van der Waals surface area contributed by atoms with E-state index >= 15 is 0 Å². The summed E-state index contributed by atoms with van der Waals surface area (Å²) in [4.78, 5) is 15.1. The average molecular weight is 668 g/mol. The molecule has 6 heteroatoms. The van der Waals surface area contributed by atoms with Crippen molar-refractivity contribution in [2.24, 2.45) is 0 Å². The third-order valence-electron chi connectivity index (χ3n) is 10.5. The second-order valence-corrected chi connectivity index (χ2v) is 14.3. The number of aromatic nitrogens is 5. The highest BCUT2D eigenvalue weighted by molar-refractivity contribution is 7.26. The smallest absolute Gasteiger partial charge is 0.164 e.